The molecule has 4 heteroatoms. The van der Waals surface area contributed by atoms with Gasteiger partial charge in [0.05, 0.1) is 0 Å². The third-order valence-electron chi connectivity index (χ3n) is 2.67. The van der Waals surface area contributed by atoms with E-state index in [0.717, 1.165) is 32.0 Å². The average molecular weight is 192 g/mol. The Morgan fingerprint density at radius 3 is 2.57 bits per heavy atom. The molecule has 0 N–H and O–H groups in total. The lowest BCUT2D eigenvalue weighted by Gasteiger charge is -2.35. The molecular formula is C10H16N4. The number of piperazine rings is 1. The van der Waals surface area contributed by atoms with Crippen molar-refractivity contribution in [1.82, 2.24) is 19.4 Å². The largest absolute Gasteiger partial charge is 0.356 e. The summed E-state index contributed by atoms with van der Waals surface area (Å²) in [6.07, 6.45) is 5.50. The second kappa shape index (κ2) is 3.84. The Balaban J connectivity index is 1.99. The molecule has 0 saturated carbocycles. The van der Waals surface area contributed by atoms with Gasteiger partial charge in [-0.1, -0.05) is 6.58 Å². The third-order valence-corrected chi connectivity index (χ3v) is 2.67. The molecule has 2 heterocycles. The standard InChI is InChI=1S/C10H16N4/c1-10(14-4-3-11-9-14)13-7-5-12(2)6-8-13/h3-4,9H,1,5-8H2,2H3. The first-order valence-electron chi connectivity index (χ1n) is 4.88. The van der Waals surface area contributed by atoms with Crippen LogP contribution >= 0.6 is 0 Å². The van der Waals surface area contributed by atoms with Crippen LogP contribution in [-0.2, 0) is 0 Å². The predicted octanol–water partition coefficient (Wildman–Crippen LogP) is 0.559. The van der Waals surface area contributed by atoms with Crippen LogP contribution in [0.2, 0.25) is 0 Å². The van der Waals surface area contributed by atoms with Crippen molar-refractivity contribution in [3.8, 4) is 0 Å². The van der Waals surface area contributed by atoms with E-state index in [4.69, 9.17) is 0 Å². The molecule has 0 aromatic carbocycles. The van der Waals surface area contributed by atoms with Gasteiger partial charge >= 0.3 is 0 Å². The molecule has 1 fully saturated rings. The first-order chi connectivity index (χ1) is 6.77. The molecular weight excluding hydrogens is 176 g/mol. The van der Waals surface area contributed by atoms with E-state index in [9.17, 15) is 0 Å². The van der Waals surface area contributed by atoms with Crippen molar-refractivity contribution in [2.45, 2.75) is 0 Å². The van der Waals surface area contributed by atoms with Gasteiger partial charge in [-0.25, -0.2) is 4.98 Å². The van der Waals surface area contributed by atoms with Crippen molar-refractivity contribution in [1.29, 1.82) is 0 Å². The van der Waals surface area contributed by atoms with Gasteiger partial charge in [-0.2, -0.15) is 0 Å². The minimum absolute atomic E-state index is 1.02. The zero-order valence-electron chi connectivity index (χ0n) is 8.56. The second-order valence-electron chi connectivity index (χ2n) is 3.68. The number of likely N-dealkylation sites (N-methyl/N-ethyl adjacent to an activating group) is 1. The minimum atomic E-state index is 1.02. The molecule has 0 radical (unpaired) electrons. The van der Waals surface area contributed by atoms with E-state index < -0.39 is 0 Å². The number of hydrogen-bond donors (Lipinski definition) is 0. The second-order valence-corrected chi connectivity index (χ2v) is 3.68. The van der Waals surface area contributed by atoms with Crippen LogP contribution in [0.25, 0.3) is 5.82 Å². The molecule has 0 bridgehead atoms. The van der Waals surface area contributed by atoms with E-state index in [2.05, 4.69) is 28.4 Å². The van der Waals surface area contributed by atoms with E-state index in [1.165, 1.54) is 0 Å². The Morgan fingerprint density at radius 2 is 2.00 bits per heavy atom. The van der Waals surface area contributed by atoms with E-state index in [0.29, 0.717) is 0 Å². The summed E-state index contributed by atoms with van der Waals surface area (Å²) in [7, 11) is 2.15. The molecule has 1 aromatic rings. The molecule has 0 spiro atoms. The molecule has 0 atom stereocenters. The number of rotatable bonds is 2. The Hall–Kier alpha value is -1.29. The highest BCUT2D eigenvalue weighted by Crippen LogP contribution is 2.10. The van der Waals surface area contributed by atoms with Gasteiger partial charge in [-0.15, -0.1) is 0 Å². The summed E-state index contributed by atoms with van der Waals surface area (Å²) >= 11 is 0. The average Bonchev–Trinajstić information content (AvgIpc) is 2.71. The molecule has 76 valence electrons. The molecule has 1 saturated heterocycles. The zero-order valence-corrected chi connectivity index (χ0v) is 8.56. The SMILES string of the molecule is C=C(N1CCN(C)CC1)n1ccnc1. The van der Waals surface area contributed by atoms with E-state index in [-0.39, 0.29) is 0 Å². The first-order valence-corrected chi connectivity index (χ1v) is 4.88. The van der Waals surface area contributed by atoms with Crippen molar-refractivity contribution in [3.63, 3.8) is 0 Å². The highest BCUT2D eigenvalue weighted by Gasteiger charge is 2.15. The Kier molecular flexibility index (Phi) is 2.54. The predicted molar refractivity (Wildman–Crippen MR) is 56.6 cm³/mol. The molecule has 2 rings (SSSR count). The van der Waals surface area contributed by atoms with Crippen LogP contribution in [-0.4, -0.2) is 52.6 Å². The Bertz CT molecular complexity index is 296. The minimum Gasteiger partial charge on any atom is -0.356 e. The topological polar surface area (TPSA) is 24.3 Å². The van der Waals surface area contributed by atoms with E-state index >= 15 is 0 Å². The number of aromatic nitrogens is 2. The summed E-state index contributed by atoms with van der Waals surface area (Å²) in [6, 6.07) is 0. The lowest BCUT2D eigenvalue weighted by molar-refractivity contribution is 0.202. The summed E-state index contributed by atoms with van der Waals surface area (Å²) in [4.78, 5) is 8.64. The van der Waals surface area contributed by atoms with Gasteiger partial charge in [0.1, 0.15) is 12.1 Å². The molecule has 1 aromatic heterocycles. The molecule has 1 aliphatic heterocycles. The quantitative estimate of drug-likeness (QED) is 0.684. The van der Waals surface area contributed by atoms with Crippen LogP contribution in [0.1, 0.15) is 0 Å². The summed E-state index contributed by atoms with van der Waals surface area (Å²) in [5, 5.41) is 0. The zero-order chi connectivity index (χ0) is 9.97. The van der Waals surface area contributed by atoms with Crippen molar-refractivity contribution >= 4 is 5.82 Å². The normalized spacial score (nSPS) is 18.5. The van der Waals surface area contributed by atoms with Gasteiger partial charge in [-0.05, 0) is 7.05 Å². The van der Waals surface area contributed by atoms with Crippen molar-refractivity contribution < 1.29 is 0 Å². The number of nitrogens with zero attached hydrogens (tertiary/aromatic N) is 4. The van der Waals surface area contributed by atoms with E-state index in [1.54, 1.807) is 12.5 Å². The van der Waals surface area contributed by atoms with E-state index in [1.807, 2.05) is 10.8 Å². The van der Waals surface area contributed by atoms with Crippen LogP contribution < -0.4 is 0 Å². The molecule has 0 unspecified atom stereocenters. The molecule has 0 aliphatic carbocycles. The summed E-state index contributed by atoms with van der Waals surface area (Å²) in [6.45, 7) is 8.38. The van der Waals surface area contributed by atoms with Gasteiger partial charge in [0.25, 0.3) is 0 Å². The van der Waals surface area contributed by atoms with Gasteiger partial charge in [-0.3, -0.25) is 4.57 Å². The molecule has 4 nitrogen and oxygen atoms in total. The lowest BCUT2D eigenvalue weighted by Crippen LogP contribution is -2.43. The fraction of sp³-hybridized carbons (Fsp3) is 0.500. The maximum absolute atomic E-state index is 4.08. The fourth-order valence-corrected chi connectivity index (χ4v) is 1.64. The van der Waals surface area contributed by atoms with Gasteiger partial charge in [0.2, 0.25) is 0 Å². The monoisotopic (exact) mass is 192 g/mol. The van der Waals surface area contributed by atoms with Crippen LogP contribution in [0, 0.1) is 0 Å². The van der Waals surface area contributed by atoms with Crippen molar-refractivity contribution in [3.05, 3.63) is 25.3 Å². The smallest absolute Gasteiger partial charge is 0.106 e. The summed E-state index contributed by atoms with van der Waals surface area (Å²) < 4.78 is 1.96. The number of imidazole rings is 1. The van der Waals surface area contributed by atoms with Gasteiger partial charge < -0.3 is 9.80 Å². The third kappa shape index (κ3) is 1.80. The summed E-state index contributed by atoms with van der Waals surface area (Å²) in [5.74, 6) is 1.02. The molecule has 0 amide bonds. The van der Waals surface area contributed by atoms with Crippen LogP contribution in [0.5, 0.6) is 0 Å². The molecule has 14 heavy (non-hydrogen) atoms. The van der Waals surface area contributed by atoms with Crippen molar-refractivity contribution in [2.75, 3.05) is 33.2 Å². The lowest BCUT2D eigenvalue weighted by atomic mass is 10.3. The van der Waals surface area contributed by atoms with Crippen LogP contribution in [0.15, 0.2) is 25.3 Å². The first kappa shape index (κ1) is 9.27. The van der Waals surface area contributed by atoms with Crippen LogP contribution in [0.3, 0.4) is 0 Å². The maximum Gasteiger partial charge on any atom is 0.106 e. The molecule has 1 aliphatic rings. The van der Waals surface area contributed by atoms with Crippen molar-refractivity contribution in [2.24, 2.45) is 0 Å². The van der Waals surface area contributed by atoms with Crippen LogP contribution in [0.4, 0.5) is 0 Å². The Labute approximate surface area is 84.4 Å². The summed E-state index contributed by atoms with van der Waals surface area (Å²) in [5.41, 5.74) is 0. The van der Waals surface area contributed by atoms with Gasteiger partial charge in [0.15, 0.2) is 0 Å². The highest BCUT2D eigenvalue weighted by molar-refractivity contribution is 5.38. The number of hydrogen-bond acceptors (Lipinski definition) is 3. The van der Waals surface area contributed by atoms with Gasteiger partial charge in [0, 0.05) is 38.6 Å². The fourth-order valence-electron chi connectivity index (χ4n) is 1.64. The highest BCUT2D eigenvalue weighted by atomic mass is 15.3. The maximum atomic E-state index is 4.08. The Morgan fingerprint density at radius 1 is 1.29 bits per heavy atom.